The van der Waals surface area contributed by atoms with Crippen molar-refractivity contribution < 1.29 is 4.79 Å². The SMILES string of the molecule is O=C(c1ccccc1)c1ccc(NI)cc1. The normalized spacial score (nSPS) is 9.81. The van der Waals surface area contributed by atoms with Gasteiger partial charge in [0.2, 0.25) is 0 Å². The third kappa shape index (κ3) is 2.41. The second kappa shape index (κ2) is 5.12. The number of anilines is 1. The molecular formula is C13H10INO. The van der Waals surface area contributed by atoms with Gasteiger partial charge in [-0.3, -0.25) is 4.79 Å². The van der Waals surface area contributed by atoms with Crippen molar-refractivity contribution in [2.24, 2.45) is 0 Å². The van der Waals surface area contributed by atoms with Gasteiger partial charge >= 0.3 is 0 Å². The molecule has 0 spiro atoms. The summed E-state index contributed by atoms with van der Waals surface area (Å²) in [6.45, 7) is 0. The van der Waals surface area contributed by atoms with Crippen LogP contribution in [0, 0.1) is 0 Å². The van der Waals surface area contributed by atoms with Crippen LogP contribution in [0.15, 0.2) is 54.6 Å². The van der Waals surface area contributed by atoms with Crippen molar-refractivity contribution in [3.63, 3.8) is 0 Å². The molecule has 2 nitrogen and oxygen atoms in total. The highest BCUT2D eigenvalue weighted by atomic mass is 127. The average molecular weight is 323 g/mol. The molecule has 0 aliphatic rings. The lowest BCUT2D eigenvalue weighted by Crippen LogP contribution is -2.00. The summed E-state index contributed by atoms with van der Waals surface area (Å²) < 4.78 is 2.99. The number of halogens is 1. The van der Waals surface area contributed by atoms with Gasteiger partial charge in [0.25, 0.3) is 0 Å². The van der Waals surface area contributed by atoms with E-state index in [2.05, 4.69) is 26.4 Å². The van der Waals surface area contributed by atoms with Crippen LogP contribution in [0.3, 0.4) is 0 Å². The predicted molar refractivity (Wildman–Crippen MR) is 74.0 cm³/mol. The minimum Gasteiger partial charge on any atom is -0.328 e. The summed E-state index contributed by atoms with van der Waals surface area (Å²) >= 11 is 2.06. The second-order valence-electron chi connectivity index (χ2n) is 3.37. The quantitative estimate of drug-likeness (QED) is 0.530. The van der Waals surface area contributed by atoms with Gasteiger partial charge in [0.15, 0.2) is 5.78 Å². The number of carbonyl (C=O) groups excluding carboxylic acids is 1. The highest BCUT2D eigenvalue weighted by Gasteiger charge is 2.07. The van der Waals surface area contributed by atoms with Gasteiger partial charge in [-0.15, -0.1) is 0 Å². The maximum atomic E-state index is 12.0. The number of hydrogen-bond donors (Lipinski definition) is 1. The standard InChI is InChI=1S/C13H10INO/c14-15-12-8-6-11(7-9-12)13(16)10-4-2-1-3-5-10/h1-9,15H. The van der Waals surface area contributed by atoms with E-state index in [4.69, 9.17) is 0 Å². The third-order valence-corrected chi connectivity index (χ3v) is 2.91. The smallest absolute Gasteiger partial charge is 0.193 e. The summed E-state index contributed by atoms with van der Waals surface area (Å²) in [7, 11) is 0. The van der Waals surface area contributed by atoms with E-state index in [1.165, 1.54) is 0 Å². The van der Waals surface area contributed by atoms with E-state index in [0.29, 0.717) is 5.56 Å². The van der Waals surface area contributed by atoms with Crippen LogP contribution < -0.4 is 3.53 Å². The van der Waals surface area contributed by atoms with Crippen molar-refractivity contribution in [2.75, 3.05) is 3.53 Å². The number of carbonyl (C=O) groups is 1. The molecule has 0 saturated carbocycles. The zero-order valence-electron chi connectivity index (χ0n) is 8.48. The lowest BCUT2D eigenvalue weighted by atomic mass is 10.0. The Morgan fingerprint density at radius 1 is 0.875 bits per heavy atom. The minimum atomic E-state index is 0.0561. The molecule has 0 bridgehead atoms. The first kappa shape index (κ1) is 11.1. The first-order chi connectivity index (χ1) is 7.81. The highest BCUT2D eigenvalue weighted by molar-refractivity contribution is 14.1. The Morgan fingerprint density at radius 3 is 2.00 bits per heavy atom. The molecule has 0 radical (unpaired) electrons. The van der Waals surface area contributed by atoms with Crippen molar-refractivity contribution >= 4 is 34.3 Å². The molecule has 16 heavy (non-hydrogen) atoms. The monoisotopic (exact) mass is 323 g/mol. The van der Waals surface area contributed by atoms with E-state index < -0.39 is 0 Å². The molecule has 0 fully saturated rings. The molecular weight excluding hydrogens is 313 g/mol. The van der Waals surface area contributed by atoms with Crippen LogP contribution in [-0.2, 0) is 0 Å². The maximum absolute atomic E-state index is 12.0. The Bertz CT molecular complexity index is 479. The summed E-state index contributed by atoms with van der Waals surface area (Å²) in [5, 5.41) is 0. The fraction of sp³-hybridized carbons (Fsp3) is 0. The predicted octanol–water partition coefficient (Wildman–Crippen LogP) is 3.68. The number of benzene rings is 2. The summed E-state index contributed by atoms with van der Waals surface area (Å²) in [5.74, 6) is 0.0561. The van der Waals surface area contributed by atoms with Crippen molar-refractivity contribution in [3.8, 4) is 0 Å². The van der Waals surface area contributed by atoms with Crippen LogP contribution in [0.5, 0.6) is 0 Å². The zero-order valence-corrected chi connectivity index (χ0v) is 10.6. The molecule has 0 atom stereocenters. The number of nitrogens with one attached hydrogen (secondary N) is 1. The van der Waals surface area contributed by atoms with E-state index in [0.717, 1.165) is 11.3 Å². The van der Waals surface area contributed by atoms with E-state index in [1.807, 2.05) is 54.6 Å². The topological polar surface area (TPSA) is 29.1 Å². The molecule has 0 saturated heterocycles. The lowest BCUT2D eigenvalue weighted by Gasteiger charge is -2.02. The summed E-state index contributed by atoms with van der Waals surface area (Å²) in [6, 6.07) is 16.7. The molecule has 0 aromatic heterocycles. The van der Waals surface area contributed by atoms with Crippen molar-refractivity contribution in [2.45, 2.75) is 0 Å². The maximum Gasteiger partial charge on any atom is 0.193 e. The van der Waals surface area contributed by atoms with Gasteiger partial charge in [0, 0.05) is 16.8 Å². The Balaban J connectivity index is 2.28. The van der Waals surface area contributed by atoms with Gasteiger partial charge in [-0.05, 0) is 24.3 Å². The Hall–Kier alpha value is -1.36. The molecule has 0 unspecified atom stereocenters. The molecule has 0 amide bonds. The number of hydrogen-bond acceptors (Lipinski definition) is 2. The number of rotatable bonds is 3. The summed E-state index contributed by atoms with van der Waals surface area (Å²) in [6.07, 6.45) is 0. The molecule has 0 aliphatic carbocycles. The highest BCUT2D eigenvalue weighted by Crippen LogP contribution is 2.14. The first-order valence-corrected chi connectivity index (χ1v) is 5.95. The van der Waals surface area contributed by atoms with Gasteiger partial charge in [0.1, 0.15) is 0 Å². The van der Waals surface area contributed by atoms with E-state index >= 15 is 0 Å². The van der Waals surface area contributed by atoms with Gasteiger partial charge in [-0.2, -0.15) is 0 Å². The fourth-order valence-electron chi connectivity index (χ4n) is 1.44. The van der Waals surface area contributed by atoms with E-state index in [-0.39, 0.29) is 5.78 Å². The van der Waals surface area contributed by atoms with Crippen LogP contribution in [0.1, 0.15) is 15.9 Å². The van der Waals surface area contributed by atoms with Crippen LogP contribution in [-0.4, -0.2) is 5.78 Å². The van der Waals surface area contributed by atoms with Gasteiger partial charge in [-0.1, -0.05) is 30.3 Å². The molecule has 1 N–H and O–H groups in total. The molecule has 2 aromatic carbocycles. The molecule has 80 valence electrons. The Morgan fingerprint density at radius 2 is 1.44 bits per heavy atom. The van der Waals surface area contributed by atoms with Crippen LogP contribution in [0.4, 0.5) is 5.69 Å². The van der Waals surface area contributed by atoms with E-state index in [1.54, 1.807) is 0 Å². The van der Waals surface area contributed by atoms with Crippen molar-refractivity contribution in [1.29, 1.82) is 0 Å². The molecule has 0 heterocycles. The van der Waals surface area contributed by atoms with Gasteiger partial charge in [-0.25, -0.2) is 0 Å². The van der Waals surface area contributed by atoms with Crippen molar-refractivity contribution in [1.82, 2.24) is 0 Å². The molecule has 2 rings (SSSR count). The fourth-order valence-corrected chi connectivity index (χ4v) is 1.80. The second-order valence-corrected chi connectivity index (χ2v) is 3.91. The first-order valence-electron chi connectivity index (χ1n) is 4.88. The number of ketones is 1. The third-order valence-electron chi connectivity index (χ3n) is 2.29. The molecule has 0 aliphatic heterocycles. The largest absolute Gasteiger partial charge is 0.328 e. The van der Waals surface area contributed by atoms with Crippen molar-refractivity contribution in [3.05, 3.63) is 65.7 Å². The van der Waals surface area contributed by atoms with Gasteiger partial charge in [0.05, 0.1) is 22.9 Å². The lowest BCUT2D eigenvalue weighted by molar-refractivity contribution is 0.103. The summed E-state index contributed by atoms with van der Waals surface area (Å²) in [4.78, 5) is 12.0. The summed E-state index contributed by atoms with van der Waals surface area (Å²) in [5.41, 5.74) is 2.42. The van der Waals surface area contributed by atoms with Gasteiger partial charge < -0.3 is 3.53 Å². The van der Waals surface area contributed by atoms with Crippen LogP contribution >= 0.6 is 22.9 Å². The average Bonchev–Trinajstić information content (AvgIpc) is 2.39. The van der Waals surface area contributed by atoms with E-state index in [9.17, 15) is 4.79 Å². The minimum absolute atomic E-state index is 0.0561. The molecule has 3 heteroatoms. The van der Waals surface area contributed by atoms with Crippen LogP contribution in [0.2, 0.25) is 0 Å². The zero-order chi connectivity index (χ0) is 11.4. The Kier molecular flexibility index (Phi) is 3.56. The molecule has 2 aromatic rings. The Labute approximate surface area is 108 Å². The van der Waals surface area contributed by atoms with Crippen LogP contribution in [0.25, 0.3) is 0 Å².